The van der Waals surface area contributed by atoms with Crippen molar-refractivity contribution >= 4 is 17.3 Å². The van der Waals surface area contributed by atoms with Crippen LogP contribution in [0.4, 0.5) is 5.69 Å². The lowest BCUT2D eigenvalue weighted by Crippen LogP contribution is -2.63. The average Bonchev–Trinajstić information content (AvgIpc) is 3.50. The molecule has 0 spiro atoms. The number of nitrogen functional groups attached to an aromatic ring is 1. The Morgan fingerprint density at radius 2 is 1.95 bits per heavy atom. The molecule has 0 bridgehead atoms. The van der Waals surface area contributed by atoms with Crippen LogP contribution in [-0.4, -0.2) is 46.2 Å². The van der Waals surface area contributed by atoms with Gasteiger partial charge >= 0.3 is 0 Å². The van der Waals surface area contributed by atoms with Gasteiger partial charge in [-0.3, -0.25) is 9.59 Å². The second-order valence-corrected chi connectivity index (χ2v) is 13.4. The number of carbonyl (C=O) groups excluding carboxylic acids is 2. The summed E-state index contributed by atoms with van der Waals surface area (Å²) in [6.07, 6.45) is 5.81. The van der Waals surface area contributed by atoms with E-state index in [1.807, 2.05) is 49.4 Å². The molecular weight excluding hydrogens is 546 g/mol. The highest BCUT2D eigenvalue weighted by Crippen LogP contribution is 2.70. The van der Waals surface area contributed by atoms with Crippen molar-refractivity contribution in [1.82, 2.24) is 0 Å². The Kier molecular flexibility index (Phi) is 6.70. The highest BCUT2D eigenvalue weighted by molar-refractivity contribution is 6.01. The van der Waals surface area contributed by atoms with Gasteiger partial charge in [-0.25, -0.2) is 0 Å². The van der Waals surface area contributed by atoms with Gasteiger partial charge in [-0.2, -0.15) is 0 Å². The van der Waals surface area contributed by atoms with Crippen molar-refractivity contribution in [3.63, 3.8) is 0 Å². The molecule has 0 aromatic heterocycles. The number of fused-ring (bicyclic) bond motifs is 7. The van der Waals surface area contributed by atoms with Gasteiger partial charge in [0.15, 0.2) is 23.5 Å². The number of carbonyl (C=O) groups is 2. The van der Waals surface area contributed by atoms with Crippen LogP contribution >= 0.6 is 0 Å². The molecule has 2 aromatic carbocycles. The highest BCUT2D eigenvalue weighted by Gasteiger charge is 2.75. The summed E-state index contributed by atoms with van der Waals surface area (Å²) in [4.78, 5) is 25.9. The Labute approximate surface area is 251 Å². The minimum absolute atomic E-state index is 0.00215. The first-order valence-electron chi connectivity index (χ1n) is 15.3. The zero-order chi connectivity index (χ0) is 30.1. The van der Waals surface area contributed by atoms with Crippen molar-refractivity contribution in [2.24, 2.45) is 28.6 Å². The van der Waals surface area contributed by atoms with Gasteiger partial charge in [0.1, 0.15) is 19.0 Å². The summed E-state index contributed by atoms with van der Waals surface area (Å²) in [5.74, 6) is 0.386. The summed E-state index contributed by atoms with van der Waals surface area (Å²) >= 11 is 0. The summed E-state index contributed by atoms with van der Waals surface area (Å²) in [6.45, 7) is 3.84. The number of nitrogens with two attached hydrogens (primary N) is 1. The molecule has 0 radical (unpaired) electrons. The number of aliphatic hydroxyl groups is 2. The minimum atomic E-state index is -1.38. The molecule has 226 valence electrons. The number of aliphatic hydroxyl groups excluding tert-OH is 2. The molecule has 5 aliphatic rings. The standard InChI is InChI=1S/C35H39NO7/c1-33-13-12-24(38)15-22(33)6-11-26-27-16-30-35(29(40)18-37,34(27,2)17-28(39)31(26)33)43-32(42-30)21-5-3-4-20(14-21)19-41-25-9-7-23(36)8-10-25/h3-5,7-10,12-15,26-28,30-32,37,39H,6,11,16-19,36H2,1-2H3/t26-,27-,28-,30+,31+,32+,33-,34-,35+/m0/s1. The summed E-state index contributed by atoms with van der Waals surface area (Å²) < 4.78 is 19.2. The Morgan fingerprint density at radius 1 is 1.16 bits per heavy atom. The van der Waals surface area contributed by atoms with Crippen molar-refractivity contribution in [3.8, 4) is 5.75 Å². The van der Waals surface area contributed by atoms with E-state index in [9.17, 15) is 19.8 Å². The smallest absolute Gasteiger partial charge is 0.193 e. The van der Waals surface area contributed by atoms with E-state index in [4.69, 9.17) is 19.9 Å². The van der Waals surface area contributed by atoms with Crippen LogP contribution in [0, 0.1) is 28.6 Å². The maximum Gasteiger partial charge on any atom is 0.193 e. The molecule has 1 saturated heterocycles. The summed E-state index contributed by atoms with van der Waals surface area (Å²) in [6, 6.07) is 15.0. The zero-order valence-electron chi connectivity index (χ0n) is 24.6. The summed E-state index contributed by atoms with van der Waals surface area (Å²) in [7, 11) is 0. The topological polar surface area (TPSA) is 128 Å². The number of ketones is 2. The number of hydrogen-bond donors (Lipinski definition) is 3. The molecule has 8 heteroatoms. The Morgan fingerprint density at radius 3 is 2.72 bits per heavy atom. The molecule has 3 saturated carbocycles. The van der Waals surface area contributed by atoms with Crippen LogP contribution in [0.15, 0.2) is 72.3 Å². The van der Waals surface area contributed by atoms with Crippen molar-refractivity contribution in [2.75, 3.05) is 12.3 Å². The molecule has 0 unspecified atom stereocenters. The van der Waals surface area contributed by atoms with Gasteiger partial charge < -0.3 is 30.2 Å². The number of Topliss-reactive ketones (excluding diaryl/α,β-unsaturated/α-hetero) is 1. The fourth-order valence-electron chi connectivity index (χ4n) is 9.39. The number of ether oxygens (including phenoxy) is 3. The van der Waals surface area contributed by atoms with E-state index in [-0.39, 0.29) is 23.5 Å². The van der Waals surface area contributed by atoms with Gasteiger partial charge in [0.2, 0.25) is 0 Å². The lowest BCUT2D eigenvalue weighted by Gasteiger charge is -2.59. The van der Waals surface area contributed by atoms with E-state index in [1.54, 1.807) is 24.3 Å². The molecule has 4 aliphatic carbocycles. The van der Waals surface area contributed by atoms with Crippen molar-refractivity contribution in [2.45, 2.75) is 70.2 Å². The van der Waals surface area contributed by atoms with Crippen LogP contribution < -0.4 is 10.5 Å². The maximum atomic E-state index is 13.8. The number of allylic oxidation sites excluding steroid dienone is 4. The number of rotatable bonds is 6. The SMILES string of the molecule is C[C@]12C=CC(=O)C=C1CC[C@@H]1[C@@H]2[C@@H](O)C[C@@]2(C)[C@H]1C[C@H]1O[C@@H](c3cccc(COc4ccc(N)cc4)c3)O[C@]12C(=O)CO. The number of hydrogen-bond acceptors (Lipinski definition) is 8. The monoisotopic (exact) mass is 585 g/mol. The van der Waals surface area contributed by atoms with Crippen molar-refractivity contribution < 1.29 is 34.0 Å². The third-order valence-corrected chi connectivity index (χ3v) is 11.3. The largest absolute Gasteiger partial charge is 0.489 e. The molecule has 9 atom stereocenters. The maximum absolute atomic E-state index is 13.8. The predicted octanol–water partition coefficient (Wildman–Crippen LogP) is 4.45. The lowest BCUT2D eigenvalue weighted by atomic mass is 9.46. The second kappa shape index (κ2) is 10.1. The van der Waals surface area contributed by atoms with Gasteiger partial charge in [-0.15, -0.1) is 0 Å². The fraction of sp³-hybridized carbons (Fsp3) is 0.486. The van der Waals surface area contributed by atoms with Crippen molar-refractivity contribution in [1.29, 1.82) is 0 Å². The number of benzene rings is 2. The van der Waals surface area contributed by atoms with E-state index in [1.165, 1.54) is 0 Å². The van der Waals surface area contributed by atoms with Gasteiger partial charge in [0.25, 0.3) is 0 Å². The van der Waals surface area contributed by atoms with Crippen LogP contribution in [0.3, 0.4) is 0 Å². The van der Waals surface area contributed by atoms with Crippen LogP contribution in [0.1, 0.15) is 56.9 Å². The molecule has 1 aliphatic heterocycles. The normalized spacial score (nSPS) is 39.3. The summed E-state index contributed by atoms with van der Waals surface area (Å²) in [5, 5.41) is 22.1. The van der Waals surface area contributed by atoms with E-state index in [0.29, 0.717) is 30.9 Å². The van der Waals surface area contributed by atoms with Crippen LogP contribution in [0.25, 0.3) is 0 Å². The first kappa shape index (κ1) is 28.5. The molecule has 8 nitrogen and oxygen atoms in total. The van der Waals surface area contributed by atoms with Crippen LogP contribution in [0.2, 0.25) is 0 Å². The third kappa shape index (κ3) is 4.18. The lowest BCUT2D eigenvalue weighted by molar-refractivity contribution is -0.201. The Bertz CT molecular complexity index is 1520. The molecule has 2 aromatic rings. The quantitative estimate of drug-likeness (QED) is 0.425. The molecule has 43 heavy (non-hydrogen) atoms. The van der Waals surface area contributed by atoms with Crippen molar-refractivity contribution in [3.05, 3.63) is 83.5 Å². The number of anilines is 1. The van der Waals surface area contributed by atoms with E-state index in [2.05, 4.69) is 6.92 Å². The van der Waals surface area contributed by atoms with E-state index >= 15 is 0 Å². The van der Waals surface area contributed by atoms with Crippen LogP contribution in [-0.2, 0) is 25.7 Å². The van der Waals surface area contributed by atoms with Gasteiger partial charge in [-0.1, -0.05) is 43.7 Å². The highest BCUT2D eigenvalue weighted by atomic mass is 16.7. The molecule has 1 heterocycles. The summed E-state index contributed by atoms with van der Waals surface area (Å²) in [5.41, 5.74) is 6.67. The molecule has 4 fully saturated rings. The fourth-order valence-corrected chi connectivity index (χ4v) is 9.39. The predicted molar refractivity (Wildman–Crippen MR) is 159 cm³/mol. The minimum Gasteiger partial charge on any atom is -0.489 e. The van der Waals surface area contributed by atoms with Gasteiger partial charge in [-0.05, 0) is 85.6 Å². The Hall–Kier alpha value is -3.30. The Balaban J connectivity index is 1.17. The average molecular weight is 586 g/mol. The van der Waals surface area contributed by atoms with Gasteiger partial charge in [0.05, 0.1) is 12.2 Å². The van der Waals surface area contributed by atoms with E-state index < -0.39 is 47.3 Å². The first-order valence-corrected chi connectivity index (χ1v) is 15.3. The third-order valence-electron chi connectivity index (χ3n) is 11.3. The first-order chi connectivity index (χ1) is 20.6. The van der Waals surface area contributed by atoms with E-state index in [0.717, 1.165) is 29.5 Å². The zero-order valence-corrected chi connectivity index (χ0v) is 24.6. The molecule has 7 rings (SSSR count). The molecular formula is C35H39NO7. The second-order valence-electron chi connectivity index (χ2n) is 13.4. The molecule has 0 amide bonds. The molecule has 4 N–H and O–H groups in total. The van der Waals surface area contributed by atoms with Gasteiger partial charge in [0, 0.05) is 28.0 Å². The van der Waals surface area contributed by atoms with Crippen LogP contribution in [0.5, 0.6) is 5.75 Å².